The van der Waals surface area contributed by atoms with E-state index in [0.29, 0.717) is 6.04 Å². The molecule has 98 valence electrons. The number of thioether (sulfide) groups is 1. The molecule has 0 spiro atoms. The van der Waals surface area contributed by atoms with E-state index in [1.54, 1.807) is 0 Å². The van der Waals surface area contributed by atoms with Gasteiger partial charge in [-0.05, 0) is 37.9 Å². The molecule has 0 aromatic heterocycles. The molecule has 2 rings (SSSR count). The van der Waals surface area contributed by atoms with Gasteiger partial charge in [-0.2, -0.15) is 11.8 Å². The van der Waals surface area contributed by atoms with Crippen molar-refractivity contribution < 1.29 is 9.90 Å². The summed E-state index contributed by atoms with van der Waals surface area (Å²) in [4.78, 5) is 11.0. The van der Waals surface area contributed by atoms with Crippen molar-refractivity contribution >= 4 is 17.7 Å². The van der Waals surface area contributed by atoms with Crippen molar-refractivity contribution in [2.24, 2.45) is 5.92 Å². The number of hydrogen-bond acceptors (Lipinski definition) is 3. The number of carboxylic acid groups (broad SMARTS) is 1. The van der Waals surface area contributed by atoms with Crippen LogP contribution in [0.3, 0.4) is 0 Å². The van der Waals surface area contributed by atoms with Gasteiger partial charge in [0.15, 0.2) is 0 Å². The van der Waals surface area contributed by atoms with Crippen molar-refractivity contribution in [3.05, 3.63) is 0 Å². The van der Waals surface area contributed by atoms with Crippen LogP contribution in [0.5, 0.6) is 0 Å². The first kappa shape index (κ1) is 13.2. The van der Waals surface area contributed by atoms with Gasteiger partial charge in [0, 0.05) is 17.8 Å². The van der Waals surface area contributed by atoms with E-state index in [0.717, 1.165) is 37.5 Å². The van der Waals surface area contributed by atoms with E-state index >= 15 is 0 Å². The Kier molecular flexibility index (Phi) is 5.16. The lowest BCUT2D eigenvalue weighted by Crippen LogP contribution is -2.39. The highest BCUT2D eigenvalue weighted by atomic mass is 32.2. The largest absolute Gasteiger partial charge is 0.481 e. The molecule has 3 nitrogen and oxygen atoms in total. The summed E-state index contributed by atoms with van der Waals surface area (Å²) in [5.74, 6) is 0.582. The molecule has 0 amide bonds. The average Bonchev–Trinajstić information content (AvgIpc) is 2.38. The van der Waals surface area contributed by atoms with Crippen molar-refractivity contribution in [1.82, 2.24) is 5.32 Å². The summed E-state index contributed by atoms with van der Waals surface area (Å²) in [5.41, 5.74) is 0. The van der Waals surface area contributed by atoms with Gasteiger partial charge < -0.3 is 10.4 Å². The van der Waals surface area contributed by atoms with Crippen molar-refractivity contribution in [2.45, 2.75) is 56.2 Å². The molecule has 0 aromatic carbocycles. The highest BCUT2D eigenvalue weighted by molar-refractivity contribution is 7.99. The molecule has 4 heteroatoms. The number of rotatable bonds is 4. The Bertz CT molecular complexity index is 254. The summed E-state index contributed by atoms with van der Waals surface area (Å²) in [5, 5.41) is 13.4. The van der Waals surface area contributed by atoms with E-state index in [2.05, 4.69) is 17.1 Å². The Balaban J connectivity index is 1.69. The fourth-order valence-electron chi connectivity index (χ4n) is 2.87. The Morgan fingerprint density at radius 1 is 1.24 bits per heavy atom. The number of aliphatic carboxylic acids is 1. The predicted molar refractivity (Wildman–Crippen MR) is 71.5 cm³/mol. The second kappa shape index (κ2) is 6.64. The topological polar surface area (TPSA) is 49.3 Å². The maximum absolute atomic E-state index is 11.0. The first-order chi connectivity index (χ1) is 8.25. The third kappa shape index (κ3) is 4.18. The fraction of sp³-hybridized carbons (Fsp3) is 0.923. The van der Waals surface area contributed by atoms with E-state index in [9.17, 15) is 4.79 Å². The molecule has 1 saturated heterocycles. The number of hydrogen-bond donors (Lipinski definition) is 2. The van der Waals surface area contributed by atoms with Crippen LogP contribution in [0, 0.1) is 5.92 Å². The minimum Gasteiger partial charge on any atom is -0.481 e. The highest BCUT2D eigenvalue weighted by Gasteiger charge is 2.27. The molecular weight excluding hydrogens is 234 g/mol. The quantitative estimate of drug-likeness (QED) is 0.812. The van der Waals surface area contributed by atoms with Gasteiger partial charge in [0.1, 0.15) is 0 Å². The molecule has 0 aromatic rings. The predicted octanol–water partition coefficient (Wildman–Crippen LogP) is 2.51. The summed E-state index contributed by atoms with van der Waals surface area (Å²) in [7, 11) is 0. The molecule has 17 heavy (non-hydrogen) atoms. The van der Waals surface area contributed by atoms with Gasteiger partial charge in [0.2, 0.25) is 0 Å². The van der Waals surface area contributed by atoms with E-state index < -0.39 is 5.97 Å². The van der Waals surface area contributed by atoms with Gasteiger partial charge in [0.25, 0.3) is 0 Å². The Morgan fingerprint density at radius 3 is 2.82 bits per heavy atom. The zero-order valence-electron chi connectivity index (χ0n) is 10.4. The third-order valence-corrected chi connectivity index (χ3v) is 5.33. The summed E-state index contributed by atoms with van der Waals surface area (Å²) >= 11 is 2.08. The SMILES string of the molecule is O=C(O)C1CCCC(NCC2CCCCS2)C1. The van der Waals surface area contributed by atoms with Gasteiger partial charge in [-0.1, -0.05) is 12.8 Å². The molecule has 0 bridgehead atoms. The fourth-order valence-corrected chi connectivity index (χ4v) is 4.12. The molecule has 3 atom stereocenters. The number of carboxylic acids is 1. The second-order valence-corrected chi connectivity index (χ2v) is 6.70. The minimum absolute atomic E-state index is 0.111. The van der Waals surface area contributed by atoms with E-state index in [1.807, 2.05) is 0 Å². The molecule has 0 radical (unpaired) electrons. The van der Waals surface area contributed by atoms with Gasteiger partial charge in [-0.3, -0.25) is 4.79 Å². The van der Waals surface area contributed by atoms with Crippen LogP contribution in [0.1, 0.15) is 44.9 Å². The van der Waals surface area contributed by atoms with Crippen molar-refractivity contribution in [3.8, 4) is 0 Å². The van der Waals surface area contributed by atoms with E-state index in [-0.39, 0.29) is 5.92 Å². The number of carbonyl (C=O) groups is 1. The lowest BCUT2D eigenvalue weighted by atomic mass is 9.86. The van der Waals surface area contributed by atoms with Crippen molar-refractivity contribution in [1.29, 1.82) is 0 Å². The van der Waals surface area contributed by atoms with Crippen LogP contribution >= 0.6 is 11.8 Å². The molecule has 2 aliphatic rings. The third-order valence-electron chi connectivity index (χ3n) is 3.93. The zero-order valence-corrected chi connectivity index (χ0v) is 11.2. The van der Waals surface area contributed by atoms with E-state index in [1.165, 1.54) is 25.0 Å². The molecule has 1 aliphatic heterocycles. The second-order valence-electron chi connectivity index (χ2n) is 5.30. The monoisotopic (exact) mass is 257 g/mol. The normalized spacial score (nSPS) is 34.5. The van der Waals surface area contributed by atoms with Gasteiger partial charge in [-0.15, -0.1) is 0 Å². The Hall–Kier alpha value is -0.220. The van der Waals surface area contributed by atoms with Crippen LogP contribution in [-0.2, 0) is 4.79 Å². The molecular formula is C13H23NO2S. The first-order valence-corrected chi connectivity index (χ1v) is 7.88. The van der Waals surface area contributed by atoms with Crippen molar-refractivity contribution in [2.75, 3.05) is 12.3 Å². The van der Waals surface area contributed by atoms with Crippen LogP contribution in [0.2, 0.25) is 0 Å². The van der Waals surface area contributed by atoms with Gasteiger partial charge in [-0.25, -0.2) is 0 Å². The minimum atomic E-state index is -0.608. The van der Waals surface area contributed by atoms with Crippen LogP contribution in [0.4, 0.5) is 0 Å². The maximum Gasteiger partial charge on any atom is 0.306 e. The smallest absolute Gasteiger partial charge is 0.306 e. The maximum atomic E-state index is 11.0. The molecule has 1 saturated carbocycles. The summed E-state index contributed by atoms with van der Waals surface area (Å²) in [6, 6.07) is 0.437. The van der Waals surface area contributed by atoms with Crippen LogP contribution in [0.25, 0.3) is 0 Å². The lowest BCUT2D eigenvalue weighted by molar-refractivity contribution is -0.143. The lowest BCUT2D eigenvalue weighted by Gasteiger charge is -2.30. The summed E-state index contributed by atoms with van der Waals surface area (Å²) in [6.07, 6.45) is 7.96. The first-order valence-electron chi connectivity index (χ1n) is 6.83. The average molecular weight is 257 g/mol. The van der Waals surface area contributed by atoms with Crippen molar-refractivity contribution in [3.63, 3.8) is 0 Å². The van der Waals surface area contributed by atoms with E-state index in [4.69, 9.17) is 5.11 Å². The van der Waals surface area contributed by atoms with Gasteiger partial charge in [0.05, 0.1) is 5.92 Å². The Morgan fingerprint density at radius 2 is 2.12 bits per heavy atom. The summed E-state index contributed by atoms with van der Waals surface area (Å²) < 4.78 is 0. The zero-order chi connectivity index (χ0) is 12.1. The van der Waals surface area contributed by atoms with Crippen LogP contribution < -0.4 is 5.32 Å². The Labute approximate surface area is 108 Å². The highest BCUT2D eigenvalue weighted by Crippen LogP contribution is 2.27. The number of nitrogens with one attached hydrogen (secondary N) is 1. The van der Waals surface area contributed by atoms with Crippen LogP contribution in [0.15, 0.2) is 0 Å². The van der Waals surface area contributed by atoms with Crippen LogP contribution in [-0.4, -0.2) is 34.7 Å². The molecule has 2 fully saturated rings. The van der Waals surface area contributed by atoms with Gasteiger partial charge >= 0.3 is 5.97 Å². The summed E-state index contributed by atoms with van der Waals surface area (Å²) in [6.45, 7) is 1.07. The molecule has 3 unspecified atom stereocenters. The molecule has 1 aliphatic carbocycles. The standard InChI is InChI=1S/C13H23NO2S/c15-13(16)10-4-3-5-11(8-10)14-9-12-6-1-2-7-17-12/h10-12,14H,1-9H2,(H,15,16). The molecule has 2 N–H and O–H groups in total. The molecule has 1 heterocycles.